The quantitative estimate of drug-likeness (QED) is 0.599. The van der Waals surface area contributed by atoms with Gasteiger partial charge in [-0.25, -0.2) is 0 Å². The van der Waals surface area contributed by atoms with E-state index in [0.29, 0.717) is 18.8 Å². The summed E-state index contributed by atoms with van der Waals surface area (Å²) in [6, 6.07) is 15.5. The molecule has 0 spiro atoms. The summed E-state index contributed by atoms with van der Waals surface area (Å²) < 4.78 is 12.8. The van der Waals surface area contributed by atoms with Crippen LogP contribution in [-0.4, -0.2) is 47.1 Å². The van der Waals surface area contributed by atoms with Gasteiger partial charge in [0.15, 0.2) is 0 Å². The molecule has 0 radical (unpaired) electrons. The molecule has 2 heterocycles. The maximum absolute atomic E-state index is 13.9. The van der Waals surface area contributed by atoms with E-state index in [0.717, 1.165) is 53.6 Å². The van der Waals surface area contributed by atoms with Gasteiger partial charge in [0.1, 0.15) is 22.7 Å². The van der Waals surface area contributed by atoms with Gasteiger partial charge in [0, 0.05) is 24.0 Å². The van der Waals surface area contributed by atoms with Gasteiger partial charge in [-0.3, -0.25) is 9.59 Å². The Morgan fingerprint density at radius 3 is 2.53 bits per heavy atom. The summed E-state index contributed by atoms with van der Waals surface area (Å²) in [6.07, 6.45) is 4.22. The number of benzene rings is 2. The Labute approximate surface area is 199 Å². The van der Waals surface area contributed by atoms with Crippen LogP contribution >= 0.6 is 0 Å². The predicted octanol–water partition coefficient (Wildman–Crippen LogP) is 4.13. The summed E-state index contributed by atoms with van der Waals surface area (Å²) in [4.78, 5) is 29.4. The normalized spacial score (nSPS) is 20.4. The maximum Gasteiger partial charge on any atom is 0.271 e. The maximum atomic E-state index is 13.9. The van der Waals surface area contributed by atoms with Crippen LogP contribution in [0.15, 0.2) is 48.5 Å². The van der Waals surface area contributed by atoms with Crippen molar-refractivity contribution in [3.8, 4) is 11.5 Å². The van der Waals surface area contributed by atoms with Crippen LogP contribution in [0.2, 0.25) is 0 Å². The summed E-state index contributed by atoms with van der Waals surface area (Å²) in [5, 5.41) is 4.20. The molecule has 2 amide bonds. The van der Waals surface area contributed by atoms with Gasteiger partial charge in [-0.05, 0) is 55.7 Å². The van der Waals surface area contributed by atoms with E-state index in [9.17, 15) is 9.59 Å². The highest BCUT2D eigenvalue weighted by molar-refractivity contribution is 6.03. The molecule has 7 heteroatoms. The summed E-state index contributed by atoms with van der Waals surface area (Å²) in [6.45, 7) is 2.56. The van der Waals surface area contributed by atoms with E-state index in [1.54, 1.807) is 19.1 Å². The van der Waals surface area contributed by atoms with Crippen molar-refractivity contribution in [2.24, 2.45) is 0 Å². The first-order valence-electron chi connectivity index (χ1n) is 11.9. The molecular weight excluding hydrogens is 430 g/mol. The van der Waals surface area contributed by atoms with E-state index in [4.69, 9.17) is 9.47 Å². The number of carbonyl (C=O) groups excluding carboxylic acids is 2. The third-order valence-corrected chi connectivity index (χ3v) is 7.29. The Morgan fingerprint density at radius 1 is 1.06 bits per heavy atom. The number of hydrogen-bond acceptors (Lipinski definition) is 4. The fourth-order valence-electron chi connectivity index (χ4n) is 5.27. The van der Waals surface area contributed by atoms with Crippen LogP contribution in [0, 0.1) is 0 Å². The van der Waals surface area contributed by atoms with Crippen LogP contribution < -0.4 is 14.8 Å². The number of hydrogen-bond donors (Lipinski definition) is 1. The van der Waals surface area contributed by atoms with Gasteiger partial charge < -0.3 is 24.3 Å². The SMILES string of the molecule is COc1cccc(CN2C(=O)c3cc4ccc(OC)cc4n3C[C@@]2(C)C(=O)NC2CCCC2)c1. The summed E-state index contributed by atoms with van der Waals surface area (Å²) in [5.74, 6) is 1.18. The third-order valence-electron chi connectivity index (χ3n) is 7.29. The number of aromatic nitrogens is 1. The van der Waals surface area contributed by atoms with Crippen molar-refractivity contribution in [3.63, 3.8) is 0 Å². The summed E-state index contributed by atoms with van der Waals surface area (Å²) in [7, 11) is 3.25. The first kappa shape index (κ1) is 22.3. The van der Waals surface area contributed by atoms with Crippen molar-refractivity contribution < 1.29 is 19.1 Å². The monoisotopic (exact) mass is 461 g/mol. The van der Waals surface area contributed by atoms with Crippen molar-refractivity contribution in [3.05, 3.63) is 59.8 Å². The van der Waals surface area contributed by atoms with E-state index >= 15 is 0 Å². The van der Waals surface area contributed by atoms with Crippen molar-refractivity contribution in [1.82, 2.24) is 14.8 Å². The van der Waals surface area contributed by atoms with Crippen LogP contribution in [0.1, 0.15) is 48.7 Å². The zero-order valence-electron chi connectivity index (χ0n) is 20.0. The topological polar surface area (TPSA) is 72.8 Å². The lowest BCUT2D eigenvalue weighted by Crippen LogP contribution is -2.64. The van der Waals surface area contributed by atoms with Crippen molar-refractivity contribution in [2.45, 2.75) is 57.3 Å². The van der Waals surface area contributed by atoms with Gasteiger partial charge in [-0.1, -0.05) is 25.0 Å². The highest BCUT2D eigenvalue weighted by Crippen LogP contribution is 2.35. The molecule has 0 saturated heterocycles. The molecule has 0 unspecified atom stereocenters. The van der Waals surface area contributed by atoms with Crippen LogP contribution in [-0.2, 0) is 17.9 Å². The van der Waals surface area contributed by atoms with Crippen molar-refractivity contribution >= 4 is 22.7 Å². The molecule has 5 rings (SSSR count). The molecule has 1 N–H and O–H groups in total. The number of ether oxygens (including phenoxy) is 2. The lowest BCUT2D eigenvalue weighted by molar-refractivity contribution is -0.133. The molecule has 34 heavy (non-hydrogen) atoms. The summed E-state index contributed by atoms with van der Waals surface area (Å²) in [5.41, 5.74) is 1.34. The lowest BCUT2D eigenvalue weighted by atomic mass is 9.93. The standard InChI is InChI=1S/C27H31N3O4/c1-27(26(32)28-20-8-4-5-9-20)17-29-23-15-22(34-3)12-11-19(23)14-24(29)25(31)30(27)16-18-7-6-10-21(13-18)33-2/h6-7,10-15,20H,4-5,8-9,16-17H2,1-3H3,(H,28,32)/t27-/m0/s1. The van der Waals surface area contributed by atoms with Crippen LogP contribution in [0.3, 0.4) is 0 Å². The summed E-state index contributed by atoms with van der Waals surface area (Å²) >= 11 is 0. The molecule has 2 aliphatic rings. The van der Waals surface area contributed by atoms with E-state index in [1.165, 1.54) is 0 Å². The molecule has 1 aromatic heterocycles. The number of methoxy groups -OCH3 is 2. The molecule has 178 valence electrons. The minimum atomic E-state index is -1.05. The predicted molar refractivity (Wildman–Crippen MR) is 130 cm³/mol. The fourth-order valence-corrected chi connectivity index (χ4v) is 5.27. The van der Waals surface area contributed by atoms with Gasteiger partial charge in [-0.2, -0.15) is 0 Å². The van der Waals surface area contributed by atoms with Crippen LogP contribution in [0.4, 0.5) is 0 Å². The first-order chi connectivity index (χ1) is 16.4. The second kappa shape index (κ2) is 8.70. The molecule has 1 aliphatic carbocycles. The molecular formula is C27H31N3O4. The van der Waals surface area contributed by atoms with Gasteiger partial charge in [0.2, 0.25) is 5.91 Å². The smallest absolute Gasteiger partial charge is 0.271 e. The Balaban J connectivity index is 1.58. The Kier molecular flexibility index (Phi) is 5.71. The molecule has 7 nitrogen and oxygen atoms in total. The van der Waals surface area contributed by atoms with Gasteiger partial charge in [-0.15, -0.1) is 0 Å². The number of carbonyl (C=O) groups is 2. The van der Waals surface area contributed by atoms with E-state index in [1.807, 2.05) is 60.0 Å². The third kappa shape index (κ3) is 3.79. The second-order valence-electron chi connectivity index (χ2n) is 9.51. The Hall–Kier alpha value is -3.48. The molecule has 2 aromatic carbocycles. The molecule has 0 bridgehead atoms. The number of nitrogens with zero attached hydrogens (tertiary/aromatic N) is 2. The number of nitrogens with one attached hydrogen (secondary N) is 1. The fraction of sp³-hybridized carbons (Fsp3) is 0.407. The van der Waals surface area contributed by atoms with Gasteiger partial charge in [0.05, 0.1) is 26.3 Å². The van der Waals surface area contributed by atoms with Crippen LogP contribution in [0.5, 0.6) is 11.5 Å². The van der Waals surface area contributed by atoms with E-state index in [2.05, 4.69) is 5.32 Å². The molecule has 1 aliphatic heterocycles. The molecule has 1 atom stereocenters. The number of fused-ring (bicyclic) bond motifs is 3. The highest BCUT2D eigenvalue weighted by atomic mass is 16.5. The molecule has 3 aromatic rings. The number of rotatable bonds is 6. The largest absolute Gasteiger partial charge is 0.497 e. The minimum absolute atomic E-state index is 0.106. The van der Waals surface area contributed by atoms with Crippen molar-refractivity contribution in [1.29, 1.82) is 0 Å². The lowest BCUT2D eigenvalue weighted by Gasteiger charge is -2.44. The van der Waals surface area contributed by atoms with E-state index < -0.39 is 5.54 Å². The highest BCUT2D eigenvalue weighted by Gasteiger charge is 2.48. The van der Waals surface area contributed by atoms with Gasteiger partial charge >= 0.3 is 0 Å². The minimum Gasteiger partial charge on any atom is -0.497 e. The zero-order valence-corrected chi connectivity index (χ0v) is 20.0. The molecule has 1 fully saturated rings. The zero-order chi connectivity index (χ0) is 23.9. The Morgan fingerprint density at radius 2 is 1.79 bits per heavy atom. The Bertz CT molecular complexity index is 1240. The van der Waals surface area contributed by atoms with Crippen molar-refractivity contribution in [2.75, 3.05) is 14.2 Å². The molecule has 1 saturated carbocycles. The van der Waals surface area contributed by atoms with Gasteiger partial charge in [0.25, 0.3) is 5.91 Å². The average Bonchev–Trinajstić information content (AvgIpc) is 3.49. The average molecular weight is 462 g/mol. The van der Waals surface area contributed by atoms with E-state index in [-0.39, 0.29) is 17.9 Å². The first-order valence-corrected chi connectivity index (χ1v) is 11.9. The van der Waals surface area contributed by atoms with Crippen LogP contribution in [0.25, 0.3) is 10.9 Å². The number of amides is 2. The second-order valence-corrected chi connectivity index (χ2v) is 9.51.